The van der Waals surface area contributed by atoms with Crippen LogP contribution in [0.1, 0.15) is 17.6 Å². The van der Waals surface area contributed by atoms with E-state index < -0.39 is 0 Å². The minimum Gasteiger partial charge on any atom is -0.497 e. The first-order chi connectivity index (χ1) is 12.8. The molecule has 1 atom stereocenters. The van der Waals surface area contributed by atoms with E-state index in [0.717, 1.165) is 48.2 Å². The van der Waals surface area contributed by atoms with Gasteiger partial charge in [0, 0.05) is 31.0 Å². The first kappa shape index (κ1) is 16.8. The molecule has 0 spiro atoms. The molecule has 0 saturated carbocycles. The average molecular weight is 350 g/mol. The van der Waals surface area contributed by atoms with E-state index in [1.807, 2.05) is 48.7 Å². The predicted octanol–water partition coefficient (Wildman–Crippen LogP) is 3.05. The monoisotopic (exact) mass is 350 g/mol. The van der Waals surface area contributed by atoms with Crippen LogP contribution in [0, 0.1) is 0 Å². The van der Waals surface area contributed by atoms with Crippen molar-refractivity contribution in [3.05, 3.63) is 66.4 Å². The summed E-state index contributed by atoms with van der Waals surface area (Å²) in [6.45, 7) is 3.19. The number of hydrogen-bond donors (Lipinski definition) is 1. The Morgan fingerprint density at radius 2 is 2.12 bits per heavy atom. The van der Waals surface area contributed by atoms with Crippen LogP contribution in [0.15, 0.2) is 54.9 Å². The van der Waals surface area contributed by atoms with E-state index in [4.69, 9.17) is 14.5 Å². The van der Waals surface area contributed by atoms with Crippen LogP contribution >= 0.6 is 0 Å². The second-order valence-corrected chi connectivity index (χ2v) is 6.31. The lowest BCUT2D eigenvalue weighted by molar-refractivity contribution is -0.0356. The van der Waals surface area contributed by atoms with Crippen LogP contribution in [0.5, 0.6) is 5.75 Å². The lowest BCUT2D eigenvalue weighted by atomic mass is 10.1. The van der Waals surface area contributed by atoms with Gasteiger partial charge in [0.15, 0.2) is 0 Å². The van der Waals surface area contributed by atoms with E-state index in [9.17, 15) is 0 Å². The van der Waals surface area contributed by atoms with Crippen molar-refractivity contribution in [1.29, 1.82) is 0 Å². The molecule has 26 heavy (non-hydrogen) atoms. The van der Waals surface area contributed by atoms with E-state index in [1.165, 1.54) is 0 Å². The molecule has 1 aliphatic rings. The van der Waals surface area contributed by atoms with Gasteiger partial charge in [-0.15, -0.1) is 0 Å². The second-order valence-electron chi connectivity index (χ2n) is 6.31. The van der Waals surface area contributed by atoms with Gasteiger partial charge in [0.1, 0.15) is 17.7 Å². The summed E-state index contributed by atoms with van der Waals surface area (Å²) in [6.07, 6.45) is 3.61. The zero-order chi connectivity index (χ0) is 17.8. The third-order valence-corrected chi connectivity index (χ3v) is 4.57. The lowest BCUT2D eigenvalue weighted by Gasteiger charge is -2.32. The Morgan fingerprint density at radius 1 is 1.23 bits per heavy atom. The summed E-state index contributed by atoms with van der Waals surface area (Å²) in [4.78, 5) is 14.7. The van der Waals surface area contributed by atoms with Crippen LogP contribution in [0.4, 0.5) is 0 Å². The van der Waals surface area contributed by atoms with Gasteiger partial charge in [-0.2, -0.15) is 0 Å². The number of aromatic nitrogens is 3. The molecule has 0 aliphatic carbocycles. The molecule has 0 amide bonds. The standard InChI is InChI=1S/C20H22N4O2/c1-25-16-7-5-15(6-8-16)17-3-2-4-18(23-17)19-13-24(11-12-26-19)14-20-21-9-10-22-20/h2-10,19H,11-14H2,1H3,(H,21,22)/t19-/m0/s1. The molecule has 6 nitrogen and oxygen atoms in total. The Balaban J connectivity index is 1.50. The van der Waals surface area contributed by atoms with Crippen LogP contribution in [-0.4, -0.2) is 46.7 Å². The number of aromatic amines is 1. The fourth-order valence-electron chi connectivity index (χ4n) is 3.17. The first-order valence-electron chi connectivity index (χ1n) is 8.75. The number of pyridine rings is 1. The van der Waals surface area contributed by atoms with Crippen molar-refractivity contribution in [2.75, 3.05) is 26.8 Å². The maximum Gasteiger partial charge on any atom is 0.120 e. The topological polar surface area (TPSA) is 63.3 Å². The maximum absolute atomic E-state index is 5.99. The number of H-pyrrole nitrogens is 1. The number of ether oxygens (including phenoxy) is 2. The number of hydrogen-bond acceptors (Lipinski definition) is 5. The van der Waals surface area contributed by atoms with Gasteiger partial charge in [-0.05, 0) is 36.4 Å². The number of nitrogens with one attached hydrogen (secondary N) is 1. The molecule has 1 aliphatic heterocycles. The fraction of sp³-hybridized carbons (Fsp3) is 0.300. The lowest BCUT2D eigenvalue weighted by Crippen LogP contribution is -2.38. The van der Waals surface area contributed by atoms with Crippen LogP contribution in [0.3, 0.4) is 0 Å². The largest absolute Gasteiger partial charge is 0.497 e. The predicted molar refractivity (Wildman–Crippen MR) is 98.8 cm³/mol. The van der Waals surface area contributed by atoms with Crippen molar-refractivity contribution < 1.29 is 9.47 Å². The van der Waals surface area contributed by atoms with Gasteiger partial charge >= 0.3 is 0 Å². The van der Waals surface area contributed by atoms with Crippen molar-refractivity contribution >= 4 is 0 Å². The van der Waals surface area contributed by atoms with Gasteiger partial charge in [-0.25, -0.2) is 4.98 Å². The molecule has 3 heterocycles. The normalized spacial score (nSPS) is 18.0. The van der Waals surface area contributed by atoms with Crippen molar-refractivity contribution in [2.24, 2.45) is 0 Å². The number of imidazole rings is 1. The number of rotatable bonds is 5. The Hall–Kier alpha value is -2.70. The minimum absolute atomic E-state index is 0.0306. The summed E-state index contributed by atoms with van der Waals surface area (Å²) in [5.41, 5.74) is 2.97. The van der Waals surface area contributed by atoms with Gasteiger partial charge in [-0.3, -0.25) is 9.88 Å². The van der Waals surface area contributed by atoms with Crippen molar-refractivity contribution in [3.8, 4) is 17.0 Å². The first-order valence-corrected chi connectivity index (χ1v) is 8.75. The van der Waals surface area contributed by atoms with Gasteiger partial charge < -0.3 is 14.5 Å². The summed E-state index contributed by atoms with van der Waals surface area (Å²) >= 11 is 0. The van der Waals surface area contributed by atoms with Crippen molar-refractivity contribution in [3.63, 3.8) is 0 Å². The molecule has 0 radical (unpaired) electrons. The van der Waals surface area contributed by atoms with Crippen molar-refractivity contribution in [1.82, 2.24) is 19.9 Å². The summed E-state index contributed by atoms with van der Waals surface area (Å²) in [5, 5.41) is 0. The fourth-order valence-corrected chi connectivity index (χ4v) is 3.17. The number of nitrogens with zero attached hydrogens (tertiary/aromatic N) is 3. The summed E-state index contributed by atoms with van der Waals surface area (Å²) < 4.78 is 11.2. The van der Waals surface area contributed by atoms with E-state index in [-0.39, 0.29) is 6.10 Å². The van der Waals surface area contributed by atoms with Gasteiger partial charge in [0.2, 0.25) is 0 Å². The molecule has 134 valence electrons. The molecule has 1 fully saturated rings. The second kappa shape index (κ2) is 7.68. The highest BCUT2D eigenvalue weighted by Crippen LogP contribution is 2.25. The van der Waals surface area contributed by atoms with Crippen LogP contribution in [0.2, 0.25) is 0 Å². The van der Waals surface area contributed by atoms with E-state index in [1.54, 1.807) is 13.3 Å². The average Bonchev–Trinajstić information content (AvgIpc) is 3.21. The highest BCUT2D eigenvalue weighted by Gasteiger charge is 2.23. The molecule has 1 N–H and O–H groups in total. The third kappa shape index (κ3) is 3.76. The van der Waals surface area contributed by atoms with Crippen LogP contribution in [-0.2, 0) is 11.3 Å². The molecule has 1 aromatic carbocycles. The Labute approximate surface area is 152 Å². The van der Waals surface area contributed by atoms with Gasteiger partial charge in [0.25, 0.3) is 0 Å². The van der Waals surface area contributed by atoms with Crippen LogP contribution < -0.4 is 4.74 Å². The summed E-state index contributed by atoms with van der Waals surface area (Å²) in [7, 11) is 1.67. The van der Waals surface area contributed by atoms with Crippen molar-refractivity contribution in [2.45, 2.75) is 12.6 Å². The Bertz CT molecular complexity index is 833. The zero-order valence-corrected chi connectivity index (χ0v) is 14.8. The van der Waals surface area contributed by atoms with Gasteiger partial charge in [0.05, 0.1) is 31.6 Å². The maximum atomic E-state index is 5.99. The van der Waals surface area contributed by atoms with E-state index in [2.05, 4.69) is 14.9 Å². The summed E-state index contributed by atoms with van der Waals surface area (Å²) in [5.74, 6) is 1.82. The molecule has 1 saturated heterocycles. The SMILES string of the molecule is COc1ccc(-c2cccc([C@@H]3CN(Cc4ncc[nH]4)CCO3)n2)cc1. The Kier molecular flexibility index (Phi) is 4.95. The molecule has 3 aromatic rings. The molecule has 2 aromatic heterocycles. The van der Waals surface area contributed by atoms with Crippen LogP contribution in [0.25, 0.3) is 11.3 Å². The number of morpholine rings is 1. The van der Waals surface area contributed by atoms with E-state index >= 15 is 0 Å². The molecule has 0 unspecified atom stereocenters. The van der Waals surface area contributed by atoms with Gasteiger partial charge in [-0.1, -0.05) is 6.07 Å². The molecular weight excluding hydrogens is 328 g/mol. The minimum atomic E-state index is -0.0306. The zero-order valence-electron chi connectivity index (χ0n) is 14.8. The molecule has 0 bridgehead atoms. The Morgan fingerprint density at radius 3 is 2.88 bits per heavy atom. The molecule has 4 rings (SSSR count). The quantitative estimate of drug-likeness (QED) is 0.766. The third-order valence-electron chi connectivity index (χ3n) is 4.57. The molecule has 6 heteroatoms. The number of methoxy groups -OCH3 is 1. The molecular formula is C20H22N4O2. The number of benzene rings is 1. The van der Waals surface area contributed by atoms with E-state index in [0.29, 0.717) is 6.61 Å². The highest BCUT2D eigenvalue weighted by molar-refractivity contribution is 5.60. The highest BCUT2D eigenvalue weighted by atomic mass is 16.5. The smallest absolute Gasteiger partial charge is 0.120 e. The summed E-state index contributed by atoms with van der Waals surface area (Å²) in [6, 6.07) is 14.0.